The van der Waals surface area contributed by atoms with Crippen LogP contribution in [0.2, 0.25) is 5.02 Å². The lowest BCUT2D eigenvalue weighted by Gasteiger charge is -2.05. The molecule has 1 aromatic carbocycles. The molecule has 0 fully saturated rings. The van der Waals surface area contributed by atoms with Crippen LogP contribution in [0, 0.1) is 6.92 Å². The largest absolute Gasteiger partial charge is 0.504 e. The van der Waals surface area contributed by atoms with E-state index in [1.807, 2.05) is 20.0 Å². The van der Waals surface area contributed by atoms with Gasteiger partial charge in [0, 0.05) is 10.9 Å². The minimum Gasteiger partial charge on any atom is -0.504 e. The average Bonchev–Trinajstić information content (AvgIpc) is 2.64. The molecule has 0 radical (unpaired) electrons. The van der Waals surface area contributed by atoms with Gasteiger partial charge in [0.2, 0.25) is 0 Å². The van der Waals surface area contributed by atoms with Crippen LogP contribution in [-0.4, -0.2) is 18.7 Å². The normalized spacial score (nSPS) is 11.2. The van der Waals surface area contributed by atoms with Crippen molar-refractivity contribution in [3.63, 3.8) is 0 Å². The average molecular weight is 240 g/mol. The monoisotopic (exact) mass is 239 g/mol. The SMILES string of the molecule is CNCCc1cc(Cl)c2cc(C)oc2c1O. The second-order valence-corrected chi connectivity index (χ2v) is 4.23. The first-order valence-corrected chi connectivity index (χ1v) is 5.56. The van der Waals surface area contributed by atoms with Crippen LogP contribution in [0.3, 0.4) is 0 Å². The zero-order valence-corrected chi connectivity index (χ0v) is 10.1. The fraction of sp³-hybridized carbons (Fsp3) is 0.333. The molecule has 2 N–H and O–H groups in total. The summed E-state index contributed by atoms with van der Waals surface area (Å²) in [5.41, 5.74) is 1.29. The van der Waals surface area contributed by atoms with Gasteiger partial charge in [-0.2, -0.15) is 0 Å². The molecule has 0 atom stereocenters. The van der Waals surface area contributed by atoms with Crippen LogP contribution in [0.1, 0.15) is 11.3 Å². The molecule has 0 saturated heterocycles. The van der Waals surface area contributed by atoms with Crippen molar-refractivity contribution < 1.29 is 9.52 Å². The summed E-state index contributed by atoms with van der Waals surface area (Å²) in [5.74, 6) is 0.945. The topological polar surface area (TPSA) is 45.4 Å². The maximum absolute atomic E-state index is 10.0. The van der Waals surface area contributed by atoms with Crippen molar-refractivity contribution in [2.24, 2.45) is 0 Å². The first-order chi connectivity index (χ1) is 7.63. The van der Waals surface area contributed by atoms with E-state index in [1.54, 1.807) is 6.07 Å². The molecule has 16 heavy (non-hydrogen) atoms. The van der Waals surface area contributed by atoms with E-state index >= 15 is 0 Å². The van der Waals surface area contributed by atoms with Crippen molar-refractivity contribution in [2.75, 3.05) is 13.6 Å². The van der Waals surface area contributed by atoms with Crippen LogP contribution in [0.5, 0.6) is 5.75 Å². The van der Waals surface area contributed by atoms with Gasteiger partial charge < -0.3 is 14.8 Å². The summed E-state index contributed by atoms with van der Waals surface area (Å²) in [6, 6.07) is 3.63. The first kappa shape index (κ1) is 11.3. The van der Waals surface area contributed by atoms with Crippen LogP contribution < -0.4 is 5.32 Å². The first-order valence-electron chi connectivity index (χ1n) is 5.18. The predicted molar refractivity (Wildman–Crippen MR) is 65.3 cm³/mol. The van der Waals surface area contributed by atoms with Crippen LogP contribution in [0.15, 0.2) is 16.5 Å². The van der Waals surface area contributed by atoms with Gasteiger partial charge in [-0.3, -0.25) is 0 Å². The van der Waals surface area contributed by atoms with Crippen LogP contribution in [-0.2, 0) is 6.42 Å². The molecule has 0 spiro atoms. The molecule has 0 amide bonds. The molecule has 4 heteroatoms. The summed E-state index contributed by atoms with van der Waals surface area (Å²) in [6.45, 7) is 2.62. The lowest BCUT2D eigenvalue weighted by atomic mass is 10.1. The van der Waals surface area contributed by atoms with E-state index in [0.29, 0.717) is 10.6 Å². The standard InChI is InChI=1S/C12H14ClNO2/c1-7-5-9-10(13)6-8(3-4-14-2)11(15)12(9)16-7/h5-6,14-15H,3-4H2,1-2H3. The maximum Gasteiger partial charge on any atom is 0.177 e. The molecule has 86 valence electrons. The number of aryl methyl sites for hydroxylation is 1. The Balaban J connectivity index is 2.55. The summed E-state index contributed by atoms with van der Waals surface area (Å²) in [4.78, 5) is 0. The van der Waals surface area contributed by atoms with E-state index in [4.69, 9.17) is 16.0 Å². The number of rotatable bonds is 3. The Morgan fingerprint density at radius 3 is 2.88 bits per heavy atom. The molecule has 0 aliphatic rings. The zero-order chi connectivity index (χ0) is 11.7. The minimum atomic E-state index is 0.197. The number of furan rings is 1. The number of aromatic hydroxyl groups is 1. The summed E-state index contributed by atoms with van der Waals surface area (Å²) >= 11 is 6.13. The Morgan fingerprint density at radius 2 is 2.19 bits per heavy atom. The van der Waals surface area contributed by atoms with Gasteiger partial charge in [0.1, 0.15) is 5.76 Å². The van der Waals surface area contributed by atoms with Gasteiger partial charge in [0.25, 0.3) is 0 Å². The van der Waals surface area contributed by atoms with E-state index in [9.17, 15) is 5.11 Å². The Labute approximate surface area is 99.0 Å². The highest BCUT2D eigenvalue weighted by atomic mass is 35.5. The highest BCUT2D eigenvalue weighted by Crippen LogP contribution is 2.36. The Bertz CT molecular complexity index is 519. The van der Waals surface area contributed by atoms with Crippen molar-refractivity contribution in [1.82, 2.24) is 5.32 Å². The second-order valence-electron chi connectivity index (χ2n) is 3.82. The fourth-order valence-corrected chi connectivity index (χ4v) is 2.03. The molecule has 0 aliphatic heterocycles. The van der Waals surface area contributed by atoms with Gasteiger partial charge >= 0.3 is 0 Å². The lowest BCUT2D eigenvalue weighted by Crippen LogP contribution is -2.10. The molecule has 3 nitrogen and oxygen atoms in total. The number of hydrogen-bond acceptors (Lipinski definition) is 3. The van der Waals surface area contributed by atoms with E-state index in [0.717, 1.165) is 29.7 Å². The number of hydrogen-bond donors (Lipinski definition) is 2. The van der Waals surface area contributed by atoms with Gasteiger partial charge in [-0.15, -0.1) is 0 Å². The van der Waals surface area contributed by atoms with Crippen molar-refractivity contribution in [2.45, 2.75) is 13.3 Å². The third kappa shape index (κ3) is 1.88. The van der Waals surface area contributed by atoms with Gasteiger partial charge in [-0.25, -0.2) is 0 Å². The van der Waals surface area contributed by atoms with Crippen molar-refractivity contribution in [3.05, 3.63) is 28.5 Å². The van der Waals surface area contributed by atoms with Crippen LogP contribution in [0.25, 0.3) is 11.0 Å². The van der Waals surface area contributed by atoms with E-state index in [2.05, 4.69) is 5.32 Å². The van der Waals surface area contributed by atoms with Gasteiger partial charge in [-0.1, -0.05) is 11.6 Å². The van der Waals surface area contributed by atoms with Crippen LogP contribution >= 0.6 is 11.6 Å². The predicted octanol–water partition coefficient (Wildman–Crippen LogP) is 2.86. The fourth-order valence-electron chi connectivity index (χ4n) is 1.76. The highest BCUT2D eigenvalue weighted by molar-refractivity contribution is 6.35. The Kier molecular flexibility index (Phi) is 3.08. The second kappa shape index (κ2) is 4.36. The number of benzene rings is 1. The smallest absolute Gasteiger partial charge is 0.177 e. The molecule has 0 unspecified atom stereocenters. The number of likely N-dealkylation sites (N-methyl/N-ethyl adjacent to an activating group) is 1. The van der Waals surface area contributed by atoms with Crippen molar-refractivity contribution in [3.8, 4) is 5.75 Å². The molecule has 0 saturated carbocycles. The lowest BCUT2D eigenvalue weighted by molar-refractivity contribution is 0.454. The number of phenolic OH excluding ortho intramolecular Hbond substituents is 1. The third-order valence-corrected chi connectivity index (χ3v) is 2.89. The summed E-state index contributed by atoms with van der Waals surface area (Å²) < 4.78 is 5.45. The molecule has 2 aromatic rings. The number of halogens is 1. The molecule has 0 aliphatic carbocycles. The highest BCUT2D eigenvalue weighted by Gasteiger charge is 2.14. The molecule has 1 heterocycles. The minimum absolute atomic E-state index is 0.197. The zero-order valence-electron chi connectivity index (χ0n) is 9.30. The molecule has 0 bridgehead atoms. The third-order valence-electron chi connectivity index (χ3n) is 2.58. The van der Waals surface area contributed by atoms with E-state index in [1.165, 1.54) is 0 Å². The maximum atomic E-state index is 10.0. The Morgan fingerprint density at radius 1 is 1.44 bits per heavy atom. The van der Waals surface area contributed by atoms with E-state index in [-0.39, 0.29) is 5.75 Å². The summed E-state index contributed by atoms with van der Waals surface area (Å²) in [6.07, 6.45) is 0.720. The van der Waals surface area contributed by atoms with Crippen LogP contribution in [0.4, 0.5) is 0 Å². The molecule has 2 rings (SSSR count). The van der Waals surface area contributed by atoms with Crippen molar-refractivity contribution in [1.29, 1.82) is 0 Å². The number of nitrogens with one attached hydrogen (secondary N) is 1. The number of phenols is 1. The molecular formula is C12H14ClNO2. The quantitative estimate of drug-likeness (QED) is 0.866. The summed E-state index contributed by atoms with van der Waals surface area (Å²) in [7, 11) is 1.87. The van der Waals surface area contributed by atoms with Gasteiger partial charge in [-0.05, 0) is 39.1 Å². The van der Waals surface area contributed by atoms with Gasteiger partial charge in [0.05, 0.1) is 5.02 Å². The van der Waals surface area contributed by atoms with Gasteiger partial charge in [0.15, 0.2) is 11.3 Å². The summed E-state index contributed by atoms with van der Waals surface area (Å²) in [5, 5.41) is 14.5. The van der Waals surface area contributed by atoms with Crippen molar-refractivity contribution >= 4 is 22.6 Å². The van der Waals surface area contributed by atoms with E-state index < -0.39 is 0 Å². The molecule has 1 aromatic heterocycles. The molecular weight excluding hydrogens is 226 g/mol. The number of fused-ring (bicyclic) bond motifs is 1. The Hall–Kier alpha value is -1.19.